The van der Waals surface area contributed by atoms with Crippen LogP contribution in [0.5, 0.6) is 11.5 Å². The second kappa shape index (κ2) is 10.8. The van der Waals surface area contributed by atoms with Crippen LogP contribution in [0.4, 0.5) is 0 Å². The van der Waals surface area contributed by atoms with E-state index in [1.165, 1.54) is 31.3 Å². The van der Waals surface area contributed by atoms with Gasteiger partial charge in [0, 0.05) is 43.4 Å². The Morgan fingerprint density at radius 1 is 0.739 bits per heavy atom. The van der Waals surface area contributed by atoms with Gasteiger partial charge in [0.2, 0.25) is 0 Å². The van der Waals surface area contributed by atoms with Gasteiger partial charge in [-0.15, -0.1) is 41.2 Å². The number of fused-ring (bicyclic) bond motifs is 12. The molecule has 0 N–H and O–H groups in total. The largest absolute Gasteiger partial charge is 2.00 e. The van der Waals surface area contributed by atoms with Gasteiger partial charge in [0.25, 0.3) is 0 Å². The first kappa shape index (κ1) is 28.9. The molecule has 4 heterocycles. The summed E-state index contributed by atoms with van der Waals surface area (Å²) in [4.78, 5) is 9.79. The molecule has 0 spiro atoms. The number of pyridine rings is 2. The van der Waals surface area contributed by atoms with Crippen molar-refractivity contribution < 1.29 is 25.8 Å². The van der Waals surface area contributed by atoms with Crippen LogP contribution in [0.1, 0.15) is 26.3 Å². The average molecular weight is 793 g/mol. The Hall–Kier alpha value is -4.57. The number of ether oxygens (including phenoxy) is 1. The summed E-state index contributed by atoms with van der Waals surface area (Å²) in [6, 6.07) is 42.8. The summed E-state index contributed by atoms with van der Waals surface area (Å²) in [6.07, 6.45) is 1.87. The molecule has 6 heteroatoms. The summed E-state index contributed by atoms with van der Waals surface area (Å²) >= 11 is 1.83. The monoisotopic (exact) mass is 792 g/mol. The van der Waals surface area contributed by atoms with Crippen LogP contribution in [-0.4, -0.2) is 14.4 Å². The number of thiophene rings is 1. The van der Waals surface area contributed by atoms with Gasteiger partial charge in [-0.1, -0.05) is 92.2 Å². The van der Waals surface area contributed by atoms with Crippen LogP contribution in [0.3, 0.4) is 0 Å². The van der Waals surface area contributed by atoms with E-state index in [9.17, 15) is 0 Å². The molecule has 0 aliphatic carbocycles. The maximum Gasteiger partial charge on any atom is 2.00 e. The van der Waals surface area contributed by atoms with Gasteiger partial charge < -0.3 is 14.1 Å². The molecule has 0 aliphatic rings. The third-order valence-corrected chi connectivity index (χ3v) is 9.76. The van der Waals surface area contributed by atoms with E-state index < -0.39 is 0 Å². The molecule has 4 aromatic heterocycles. The zero-order chi connectivity index (χ0) is 30.3. The van der Waals surface area contributed by atoms with Gasteiger partial charge in [0.1, 0.15) is 0 Å². The molecule has 0 fully saturated rings. The predicted molar refractivity (Wildman–Crippen MR) is 187 cm³/mol. The number of aromatic nitrogens is 3. The van der Waals surface area contributed by atoms with E-state index in [0.29, 0.717) is 11.5 Å². The minimum atomic E-state index is 0. The fourth-order valence-electron chi connectivity index (χ4n) is 6.42. The Bertz CT molecular complexity index is 2630. The maximum atomic E-state index is 6.42. The number of para-hydroxylation sites is 2. The molecule has 5 aromatic carbocycles. The third-order valence-electron chi connectivity index (χ3n) is 8.62. The summed E-state index contributed by atoms with van der Waals surface area (Å²) in [5.41, 5.74) is 7.09. The smallest absolute Gasteiger partial charge is 0.497 e. The molecule has 0 radical (unpaired) electrons. The van der Waals surface area contributed by atoms with Crippen molar-refractivity contribution >= 4 is 69.9 Å². The molecule has 0 atom stereocenters. The molecule has 224 valence electrons. The number of benzene rings is 5. The molecule has 0 saturated heterocycles. The van der Waals surface area contributed by atoms with Crippen LogP contribution in [0.15, 0.2) is 109 Å². The van der Waals surface area contributed by atoms with E-state index >= 15 is 0 Å². The zero-order valence-corrected chi connectivity index (χ0v) is 28.5. The van der Waals surface area contributed by atoms with Crippen molar-refractivity contribution in [3.05, 3.63) is 127 Å². The van der Waals surface area contributed by atoms with Crippen molar-refractivity contribution in [3.8, 4) is 22.8 Å². The molecular formula is C40H27N3OPtS. The van der Waals surface area contributed by atoms with E-state index in [-0.39, 0.29) is 26.5 Å². The van der Waals surface area contributed by atoms with Crippen molar-refractivity contribution in [2.45, 2.75) is 26.2 Å². The Morgan fingerprint density at radius 3 is 2.43 bits per heavy atom. The van der Waals surface area contributed by atoms with E-state index in [2.05, 4.69) is 115 Å². The van der Waals surface area contributed by atoms with Gasteiger partial charge in [-0.3, -0.25) is 4.98 Å². The number of hydrogen-bond acceptors (Lipinski definition) is 4. The topological polar surface area (TPSA) is 39.4 Å². The molecule has 9 aromatic rings. The SMILES string of the molecule is CC(C)(C)c1ccnc(-c2[c-]c(Oc3[c-]c4c(cc3)c3ccc5sc6ccccc6c5c3n3c5ccccc5nc43)ccc2)c1.[Pt+2]. The molecule has 0 bridgehead atoms. The Balaban J connectivity index is 0.00000312. The van der Waals surface area contributed by atoms with Gasteiger partial charge in [0.15, 0.2) is 0 Å². The Labute approximate surface area is 284 Å². The predicted octanol–water partition coefficient (Wildman–Crippen LogP) is 10.9. The van der Waals surface area contributed by atoms with Crippen molar-refractivity contribution in [1.29, 1.82) is 0 Å². The van der Waals surface area contributed by atoms with Gasteiger partial charge in [0.05, 0.1) is 16.7 Å². The molecular weight excluding hydrogens is 766 g/mol. The molecule has 0 saturated carbocycles. The second-order valence-electron chi connectivity index (χ2n) is 12.5. The molecule has 0 amide bonds. The normalized spacial score (nSPS) is 12.1. The van der Waals surface area contributed by atoms with E-state index in [1.807, 2.05) is 47.9 Å². The van der Waals surface area contributed by atoms with Crippen LogP contribution in [0, 0.1) is 12.1 Å². The van der Waals surface area contributed by atoms with Crippen LogP contribution in [0.2, 0.25) is 0 Å². The van der Waals surface area contributed by atoms with Gasteiger partial charge >= 0.3 is 21.1 Å². The number of nitrogens with zero attached hydrogens (tertiary/aromatic N) is 3. The van der Waals surface area contributed by atoms with Crippen molar-refractivity contribution in [2.75, 3.05) is 0 Å². The summed E-state index contributed by atoms with van der Waals surface area (Å²) in [5, 5.41) is 5.71. The Morgan fingerprint density at radius 2 is 1.54 bits per heavy atom. The van der Waals surface area contributed by atoms with Gasteiger partial charge in [-0.05, 0) is 52.4 Å². The van der Waals surface area contributed by atoms with Crippen LogP contribution in [0.25, 0.3) is 69.8 Å². The van der Waals surface area contributed by atoms with Crippen molar-refractivity contribution in [1.82, 2.24) is 14.4 Å². The van der Waals surface area contributed by atoms with Crippen molar-refractivity contribution in [2.24, 2.45) is 0 Å². The summed E-state index contributed by atoms with van der Waals surface area (Å²) in [5.74, 6) is 1.23. The first-order valence-electron chi connectivity index (χ1n) is 15.1. The minimum Gasteiger partial charge on any atom is -0.497 e. The first-order valence-corrected chi connectivity index (χ1v) is 15.9. The number of hydrogen-bond donors (Lipinski definition) is 0. The third kappa shape index (κ3) is 4.53. The standard InChI is InChI=1S/C40H27N3OS.Pt/c1-40(2,3)25-19-20-41-33(22-25)24-9-8-10-26(21-24)44-27-15-16-28-29-17-18-36-37(30-11-4-7-14-35(30)45-36)38(29)43-34-13-6-5-12-32(34)42-39(43)31(28)23-27;/h4-20,22H,1-3H3;/q-2;+2. The van der Waals surface area contributed by atoms with E-state index in [4.69, 9.17) is 9.72 Å². The fourth-order valence-corrected chi connectivity index (χ4v) is 7.53. The Kier molecular flexibility index (Phi) is 6.75. The second-order valence-corrected chi connectivity index (χ2v) is 13.6. The van der Waals surface area contributed by atoms with Gasteiger partial charge in [-0.2, -0.15) is 0 Å². The molecule has 46 heavy (non-hydrogen) atoms. The molecule has 0 aliphatic heterocycles. The van der Waals surface area contributed by atoms with Gasteiger partial charge in [-0.25, -0.2) is 0 Å². The summed E-state index contributed by atoms with van der Waals surface area (Å²) < 4.78 is 11.3. The van der Waals surface area contributed by atoms with Crippen molar-refractivity contribution in [3.63, 3.8) is 0 Å². The molecule has 0 unspecified atom stereocenters. The quantitative estimate of drug-likeness (QED) is 0.132. The maximum absolute atomic E-state index is 6.42. The van der Waals surface area contributed by atoms with Crippen LogP contribution in [-0.2, 0) is 26.5 Å². The zero-order valence-electron chi connectivity index (χ0n) is 25.4. The molecule has 4 nitrogen and oxygen atoms in total. The van der Waals surface area contributed by atoms with E-state index in [0.717, 1.165) is 44.1 Å². The molecule has 9 rings (SSSR count). The van der Waals surface area contributed by atoms with Crippen LogP contribution < -0.4 is 4.74 Å². The summed E-state index contributed by atoms with van der Waals surface area (Å²) in [6.45, 7) is 6.62. The fraction of sp³-hybridized carbons (Fsp3) is 0.100. The average Bonchev–Trinajstić information content (AvgIpc) is 3.64. The number of imidazole rings is 1. The first-order chi connectivity index (χ1) is 21.9. The van der Waals surface area contributed by atoms with Crippen LogP contribution >= 0.6 is 11.3 Å². The van der Waals surface area contributed by atoms with E-state index in [1.54, 1.807) is 0 Å². The minimum absolute atomic E-state index is 0. The number of rotatable bonds is 3. The summed E-state index contributed by atoms with van der Waals surface area (Å²) in [7, 11) is 0.